The maximum absolute atomic E-state index is 12.4. The van der Waals surface area contributed by atoms with Crippen LogP contribution < -0.4 is 16.0 Å². The van der Waals surface area contributed by atoms with Gasteiger partial charge in [-0.3, -0.25) is 9.20 Å². The summed E-state index contributed by atoms with van der Waals surface area (Å²) in [7, 11) is 0. The summed E-state index contributed by atoms with van der Waals surface area (Å²) in [6, 6.07) is 4.41. The van der Waals surface area contributed by atoms with Crippen molar-refractivity contribution in [3.8, 4) is 0 Å². The van der Waals surface area contributed by atoms with Gasteiger partial charge in [-0.1, -0.05) is 18.1 Å². The molecule has 0 saturated carbocycles. The van der Waals surface area contributed by atoms with Crippen molar-refractivity contribution >= 4 is 29.0 Å². The van der Waals surface area contributed by atoms with Crippen molar-refractivity contribution in [2.45, 2.75) is 26.7 Å². The van der Waals surface area contributed by atoms with Gasteiger partial charge in [0.1, 0.15) is 11.5 Å². The van der Waals surface area contributed by atoms with Crippen LogP contribution in [0.5, 0.6) is 0 Å². The summed E-state index contributed by atoms with van der Waals surface area (Å²) >= 11 is 0. The molecule has 0 atom stereocenters. The molecule has 4 rings (SSSR count). The zero-order chi connectivity index (χ0) is 19.7. The van der Waals surface area contributed by atoms with Crippen molar-refractivity contribution in [3.05, 3.63) is 41.6 Å². The lowest BCUT2D eigenvalue weighted by Crippen LogP contribution is -2.29. The smallest absolute Gasteiger partial charge is 0.318 e. The summed E-state index contributed by atoms with van der Waals surface area (Å²) in [6.07, 6.45) is 5.69. The van der Waals surface area contributed by atoms with Gasteiger partial charge in [0.15, 0.2) is 5.69 Å². The minimum absolute atomic E-state index is 0.252. The molecule has 0 aromatic carbocycles. The molecule has 3 aromatic rings. The highest BCUT2D eigenvalue weighted by atomic mass is 16.4. The number of rotatable bonds is 5. The summed E-state index contributed by atoms with van der Waals surface area (Å²) in [5.41, 5.74) is 9.14. The summed E-state index contributed by atoms with van der Waals surface area (Å²) in [5, 5.41) is 10.9. The number of aryl methyl sites for hydroxylation is 1. The minimum Gasteiger partial charge on any atom is -0.408 e. The molecule has 1 amide bonds. The molecule has 9 heteroatoms. The molecule has 0 spiro atoms. The highest BCUT2D eigenvalue weighted by Gasteiger charge is 2.23. The molecular weight excluding hydrogens is 358 g/mol. The van der Waals surface area contributed by atoms with Crippen molar-refractivity contribution in [3.63, 3.8) is 0 Å². The van der Waals surface area contributed by atoms with Crippen LogP contribution in [-0.4, -0.2) is 45.1 Å². The predicted octanol–water partition coefficient (Wildman–Crippen LogP) is 2.04. The highest BCUT2D eigenvalue weighted by molar-refractivity contribution is 5.98. The van der Waals surface area contributed by atoms with E-state index >= 15 is 0 Å². The van der Waals surface area contributed by atoms with Gasteiger partial charge in [0.05, 0.1) is 0 Å². The zero-order valence-corrected chi connectivity index (χ0v) is 16.0. The molecule has 9 nitrogen and oxygen atoms in total. The van der Waals surface area contributed by atoms with Crippen LogP contribution in [-0.2, 0) is 0 Å². The molecule has 1 aliphatic rings. The van der Waals surface area contributed by atoms with Gasteiger partial charge in [-0.2, -0.15) is 0 Å². The molecule has 146 valence electrons. The average molecular weight is 381 g/mol. The number of amides is 1. The first-order chi connectivity index (χ1) is 13.6. The molecule has 0 unspecified atom stereocenters. The molecule has 0 bridgehead atoms. The quantitative estimate of drug-likeness (QED) is 0.695. The number of carbonyl (C=O) groups excluding carboxylic acids is 1. The first-order valence-corrected chi connectivity index (χ1v) is 9.37. The van der Waals surface area contributed by atoms with E-state index in [-0.39, 0.29) is 11.6 Å². The summed E-state index contributed by atoms with van der Waals surface area (Å²) < 4.78 is 7.33. The number of nitrogens with zero attached hydrogens (tertiary/aromatic N) is 5. The molecule has 0 saturated heterocycles. The Balaban J connectivity index is 1.68. The normalized spacial score (nSPS) is 14.4. The van der Waals surface area contributed by atoms with Crippen LogP contribution in [0.4, 0.5) is 11.8 Å². The van der Waals surface area contributed by atoms with E-state index in [9.17, 15) is 4.79 Å². The number of hydrogen-bond acceptors (Lipinski definition) is 7. The largest absolute Gasteiger partial charge is 0.408 e. The SMILES string of the molecule is CCCNC(=O)c1nc2c(C3=CCCN(c4nnc(C)o4)C3)cccn2c1N. The van der Waals surface area contributed by atoms with Crippen LogP contribution >= 0.6 is 0 Å². The number of nitrogen functional groups attached to an aromatic ring is 1. The molecule has 0 radical (unpaired) electrons. The second-order valence-corrected chi connectivity index (χ2v) is 6.76. The topological polar surface area (TPSA) is 115 Å². The Morgan fingerprint density at radius 1 is 1.39 bits per heavy atom. The maximum atomic E-state index is 12.4. The molecule has 1 aliphatic heterocycles. The van der Waals surface area contributed by atoms with Gasteiger partial charge in [-0.15, -0.1) is 5.10 Å². The molecule has 3 N–H and O–H groups in total. The van der Waals surface area contributed by atoms with E-state index in [2.05, 4.69) is 26.6 Å². The van der Waals surface area contributed by atoms with Gasteiger partial charge in [0.2, 0.25) is 5.89 Å². The molecule has 0 aliphatic carbocycles. The van der Waals surface area contributed by atoms with Crippen LogP contribution in [0.2, 0.25) is 0 Å². The number of fused-ring (bicyclic) bond motifs is 1. The number of carbonyl (C=O) groups is 1. The van der Waals surface area contributed by atoms with Crippen molar-refractivity contribution in [2.24, 2.45) is 0 Å². The van der Waals surface area contributed by atoms with Crippen LogP contribution in [0.25, 0.3) is 11.2 Å². The van der Waals surface area contributed by atoms with Gasteiger partial charge in [-0.05, 0) is 30.5 Å². The van der Waals surface area contributed by atoms with Gasteiger partial charge in [0.25, 0.3) is 5.91 Å². The number of pyridine rings is 1. The highest BCUT2D eigenvalue weighted by Crippen LogP contribution is 2.28. The van der Waals surface area contributed by atoms with Crippen LogP contribution in [0.1, 0.15) is 41.7 Å². The fourth-order valence-corrected chi connectivity index (χ4v) is 3.34. The second-order valence-electron chi connectivity index (χ2n) is 6.76. The van der Waals surface area contributed by atoms with E-state index in [1.54, 1.807) is 11.3 Å². The number of nitrogens with one attached hydrogen (secondary N) is 1. The van der Waals surface area contributed by atoms with E-state index in [0.717, 1.165) is 30.5 Å². The van der Waals surface area contributed by atoms with Gasteiger partial charge in [-0.25, -0.2) is 4.98 Å². The third-order valence-electron chi connectivity index (χ3n) is 4.72. The Hall–Kier alpha value is -3.36. The number of imidazole rings is 1. The van der Waals surface area contributed by atoms with Crippen molar-refractivity contribution in [2.75, 3.05) is 30.3 Å². The predicted molar refractivity (Wildman–Crippen MR) is 106 cm³/mol. The molecule has 3 aromatic heterocycles. The lowest BCUT2D eigenvalue weighted by atomic mass is 10.0. The van der Waals surface area contributed by atoms with E-state index in [4.69, 9.17) is 10.2 Å². The first-order valence-electron chi connectivity index (χ1n) is 9.37. The van der Waals surface area contributed by atoms with Gasteiger partial charge >= 0.3 is 6.01 Å². The summed E-state index contributed by atoms with van der Waals surface area (Å²) in [6.45, 7) is 5.78. The van der Waals surface area contributed by atoms with Crippen LogP contribution in [0, 0.1) is 6.92 Å². The van der Waals surface area contributed by atoms with Crippen LogP contribution in [0.15, 0.2) is 28.8 Å². The van der Waals surface area contributed by atoms with E-state index in [1.807, 2.05) is 30.2 Å². The molecule has 28 heavy (non-hydrogen) atoms. The Bertz CT molecular complexity index is 1050. The second kappa shape index (κ2) is 7.34. The Kier molecular flexibility index (Phi) is 4.72. The van der Waals surface area contributed by atoms with Crippen LogP contribution in [0.3, 0.4) is 0 Å². The summed E-state index contributed by atoms with van der Waals surface area (Å²) in [4.78, 5) is 19.0. The third-order valence-corrected chi connectivity index (χ3v) is 4.72. The standard InChI is InChI=1S/C19H23N7O2/c1-3-8-21-18(27)15-16(20)26-10-5-7-14(17(26)22-15)13-6-4-9-25(11-13)19-24-23-12(2)28-19/h5-7,10H,3-4,8-9,11,20H2,1-2H3,(H,21,27). The van der Waals surface area contributed by atoms with Crippen molar-refractivity contribution < 1.29 is 9.21 Å². The number of anilines is 2. The van der Waals surface area contributed by atoms with Crippen molar-refractivity contribution in [1.29, 1.82) is 0 Å². The lowest BCUT2D eigenvalue weighted by molar-refractivity contribution is 0.0950. The van der Waals surface area contributed by atoms with E-state index < -0.39 is 0 Å². The van der Waals surface area contributed by atoms with E-state index in [0.29, 0.717) is 36.5 Å². The fourth-order valence-electron chi connectivity index (χ4n) is 3.34. The molecule has 4 heterocycles. The Morgan fingerprint density at radius 2 is 2.25 bits per heavy atom. The van der Waals surface area contributed by atoms with Gasteiger partial charge < -0.3 is 20.4 Å². The third kappa shape index (κ3) is 3.19. The van der Waals surface area contributed by atoms with Crippen molar-refractivity contribution in [1.82, 2.24) is 24.9 Å². The minimum atomic E-state index is -0.255. The first kappa shape index (κ1) is 18.0. The zero-order valence-electron chi connectivity index (χ0n) is 16.0. The molecule has 0 fully saturated rings. The molecular formula is C19H23N7O2. The number of nitrogens with two attached hydrogens (primary N) is 1. The number of aromatic nitrogens is 4. The average Bonchev–Trinajstić information content (AvgIpc) is 3.30. The van der Waals surface area contributed by atoms with E-state index in [1.165, 1.54) is 0 Å². The lowest BCUT2D eigenvalue weighted by Gasteiger charge is -2.25. The summed E-state index contributed by atoms with van der Waals surface area (Å²) in [5.74, 6) is 0.623. The monoisotopic (exact) mass is 381 g/mol. The Labute approximate surface area is 162 Å². The van der Waals surface area contributed by atoms with Gasteiger partial charge in [0, 0.05) is 38.3 Å². The Morgan fingerprint density at radius 3 is 3.00 bits per heavy atom. The fraction of sp³-hybridized carbons (Fsp3) is 0.368. The number of hydrogen-bond donors (Lipinski definition) is 2. The maximum Gasteiger partial charge on any atom is 0.318 e.